The fourth-order valence-electron chi connectivity index (χ4n) is 3.85. The molecule has 1 nitrogen and oxygen atoms in total. The zero-order chi connectivity index (χ0) is 17.9. The van der Waals surface area contributed by atoms with Crippen molar-refractivity contribution in [2.75, 3.05) is 6.54 Å². The molecule has 0 saturated carbocycles. The maximum atomic E-state index is 4.68. The number of nitrogens with zero attached hydrogens (tertiary/aromatic N) is 1. The number of unbranched alkanes of at least 4 members (excludes halogenated alkanes) is 7. The summed E-state index contributed by atoms with van der Waals surface area (Å²) in [5, 5.41) is 0. The van der Waals surface area contributed by atoms with Crippen molar-refractivity contribution < 1.29 is 0 Å². The molecule has 0 aromatic carbocycles. The zero-order valence-corrected chi connectivity index (χ0v) is 18.3. The molecule has 0 spiro atoms. The molecular weight excluding hydrogens is 306 g/mol. The van der Waals surface area contributed by atoms with Gasteiger partial charge in [0.1, 0.15) is 0 Å². The Labute approximate surface area is 154 Å². The molecule has 0 rings (SSSR count). The summed E-state index contributed by atoms with van der Waals surface area (Å²) in [6, 6.07) is 4.31. The molecule has 0 aliphatic rings. The molecule has 142 valence electrons. The van der Waals surface area contributed by atoms with Crippen molar-refractivity contribution in [2.24, 2.45) is 4.99 Å². The minimum atomic E-state index is -1.16. The zero-order valence-electron chi connectivity index (χ0n) is 17.3. The first-order chi connectivity index (χ1) is 11.7. The summed E-state index contributed by atoms with van der Waals surface area (Å²) in [4.78, 5) is 4.68. The SMILES string of the molecule is CC=C[Si](CCC)(CCC)CCC=NCCCCCCCCCC. The molecule has 0 N–H and O–H groups in total. The van der Waals surface area contributed by atoms with E-state index < -0.39 is 8.07 Å². The van der Waals surface area contributed by atoms with E-state index in [2.05, 4.69) is 50.7 Å². The van der Waals surface area contributed by atoms with Gasteiger partial charge in [0.25, 0.3) is 0 Å². The second kappa shape index (κ2) is 17.4. The minimum Gasteiger partial charge on any atom is -0.298 e. The standard InChI is InChI=1S/C22H45NSi/c1-5-9-10-11-12-13-14-15-17-23-18-16-22-24(19-6-2,20-7-3)21-8-4/h6,18-19H,5,7-17,20-22H2,1-4H3. The van der Waals surface area contributed by atoms with Crippen LogP contribution in [0.25, 0.3) is 0 Å². The molecule has 0 heterocycles. The van der Waals surface area contributed by atoms with Gasteiger partial charge < -0.3 is 0 Å². The highest BCUT2D eigenvalue weighted by Crippen LogP contribution is 2.27. The lowest BCUT2D eigenvalue weighted by Gasteiger charge is -2.27. The average Bonchev–Trinajstić information content (AvgIpc) is 2.56. The summed E-state index contributed by atoms with van der Waals surface area (Å²) in [6.07, 6.45) is 19.5. The van der Waals surface area contributed by atoms with Crippen molar-refractivity contribution in [3.05, 3.63) is 11.8 Å². The Morgan fingerprint density at radius 3 is 1.83 bits per heavy atom. The van der Waals surface area contributed by atoms with Gasteiger partial charge in [0.2, 0.25) is 0 Å². The normalized spacial score (nSPS) is 12.7. The third-order valence-electron chi connectivity index (χ3n) is 5.06. The molecule has 2 heteroatoms. The van der Waals surface area contributed by atoms with E-state index in [0.717, 1.165) is 6.54 Å². The predicted molar refractivity (Wildman–Crippen MR) is 116 cm³/mol. The summed E-state index contributed by atoms with van der Waals surface area (Å²) in [6.45, 7) is 10.2. The summed E-state index contributed by atoms with van der Waals surface area (Å²) in [5.74, 6) is 0. The van der Waals surface area contributed by atoms with Gasteiger partial charge >= 0.3 is 0 Å². The molecule has 0 aromatic rings. The van der Waals surface area contributed by atoms with Crippen molar-refractivity contribution >= 4 is 14.3 Å². The third kappa shape index (κ3) is 13.0. The second-order valence-corrected chi connectivity index (χ2v) is 12.0. The smallest absolute Gasteiger partial charge is 0.0777 e. The predicted octanol–water partition coefficient (Wildman–Crippen LogP) is 7.97. The quantitative estimate of drug-likeness (QED) is 0.143. The second-order valence-electron chi connectivity index (χ2n) is 7.46. The summed E-state index contributed by atoms with van der Waals surface area (Å²) in [7, 11) is -1.16. The molecule has 0 unspecified atom stereocenters. The highest BCUT2D eigenvalue weighted by molar-refractivity contribution is 6.84. The Balaban J connectivity index is 3.80. The van der Waals surface area contributed by atoms with Crippen LogP contribution in [-0.4, -0.2) is 20.8 Å². The summed E-state index contributed by atoms with van der Waals surface area (Å²) < 4.78 is 0. The molecule has 0 aliphatic carbocycles. The summed E-state index contributed by atoms with van der Waals surface area (Å²) in [5.41, 5.74) is 2.60. The lowest BCUT2D eigenvalue weighted by molar-refractivity contribution is 0.578. The Bertz CT molecular complexity index is 303. The molecule has 0 bridgehead atoms. The lowest BCUT2D eigenvalue weighted by atomic mass is 10.1. The molecule has 0 fully saturated rings. The lowest BCUT2D eigenvalue weighted by Crippen LogP contribution is -2.31. The van der Waals surface area contributed by atoms with Crippen LogP contribution in [0.2, 0.25) is 18.1 Å². The van der Waals surface area contributed by atoms with Gasteiger partial charge in [-0.05, 0) is 32.0 Å². The molecule has 0 atom stereocenters. The van der Waals surface area contributed by atoms with Crippen LogP contribution in [0, 0.1) is 0 Å². The average molecular weight is 352 g/mol. The van der Waals surface area contributed by atoms with Gasteiger partial charge in [-0.3, -0.25) is 4.99 Å². The fourth-order valence-corrected chi connectivity index (χ4v) is 8.50. The van der Waals surface area contributed by atoms with Gasteiger partial charge in [-0.2, -0.15) is 0 Å². The maximum absolute atomic E-state index is 4.68. The molecule has 0 amide bonds. The largest absolute Gasteiger partial charge is 0.298 e. The van der Waals surface area contributed by atoms with E-state index in [9.17, 15) is 0 Å². The first-order valence-corrected chi connectivity index (χ1v) is 13.6. The fraction of sp³-hybridized carbons (Fsp3) is 0.864. The first-order valence-electron chi connectivity index (χ1n) is 10.9. The van der Waals surface area contributed by atoms with Gasteiger partial charge in [0.05, 0.1) is 8.07 Å². The van der Waals surface area contributed by atoms with Crippen LogP contribution in [0.15, 0.2) is 16.8 Å². The maximum Gasteiger partial charge on any atom is 0.0777 e. The van der Waals surface area contributed by atoms with Crippen LogP contribution in [-0.2, 0) is 0 Å². The molecule has 24 heavy (non-hydrogen) atoms. The van der Waals surface area contributed by atoms with Crippen LogP contribution in [0.4, 0.5) is 0 Å². The molecule has 0 saturated heterocycles. The van der Waals surface area contributed by atoms with Crippen molar-refractivity contribution in [1.82, 2.24) is 0 Å². The molecule has 0 aromatic heterocycles. The number of aliphatic imine (C=N–C) groups is 1. The van der Waals surface area contributed by atoms with Crippen molar-refractivity contribution in [1.29, 1.82) is 0 Å². The van der Waals surface area contributed by atoms with Crippen LogP contribution in [0.1, 0.15) is 98.3 Å². The summed E-state index contributed by atoms with van der Waals surface area (Å²) >= 11 is 0. The Kier molecular flexibility index (Phi) is 17.2. The van der Waals surface area contributed by atoms with E-state index in [4.69, 9.17) is 0 Å². The van der Waals surface area contributed by atoms with Crippen LogP contribution < -0.4 is 0 Å². The van der Waals surface area contributed by atoms with Crippen molar-refractivity contribution in [3.63, 3.8) is 0 Å². The topological polar surface area (TPSA) is 12.4 Å². The highest BCUT2D eigenvalue weighted by Gasteiger charge is 2.26. The molecular formula is C22H45NSi. The van der Waals surface area contributed by atoms with Gasteiger partial charge in [-0.1, -0.05) is 102 Å². The number of rotatable bonds is 17. The number of allylic oxidation sites excluding steroid dienone is 1. The van der Waals surface area contributed by atoms with Crippen LogP contribution >= 0.6 is 0 Å². The van der Waals surface area contributed by atoms with E-state index in [0.29, 0.717) is 0 Å². The monoisotopic (exact) mass is 351 g/mol. The van der Waals surface area contributed by atoms with E-state index in [1.807, 2.05) is 0 Å². The van der Waals surface area contributed by atoms with Crippen molar-refractivity contribution in [3.8, 4) is 0 Å². The number of hydrogen-bond acceptors (Lipinski definition) is 1. The Hall–Kier alpha value is -0.373. The van der Waals surface area contributed by atoms with Gasteiger partial charge in [-0.25, -0.2) is 0 Å². The van der Waals surface area contributed by atoms with Gasteiger partial charge in [0.15, 0.2) is 0 Å². The van der Waals surface area contributed by atoms with Crippen LogP contribution in [0.3, 0.4) is 0 Å². The Morgan fingerprint density at radius 2 is 1.29 bits per heavy atom. The first kappa shape index (κ1) is 23.6. The number of hydrogen-bond donors (Lipinski definition) is 0. The van der Waals surface area contributed by atoms with Gasteiger partial charge in [0, 0.05) is 6.54 Å². The van der Waals surface area contributed by atoms with E-state index >= 15 is 0 Å². The minimum absolute atomic E-state index is 1.05. The third-order valence-corrected chi connectivity index (χ3v) is 10.4. The van der Waals surface area contributed by atoms with E-state index in [1.54, 1.807) is 0 Å². The highest BCUT2D eigenvalue weighted by atomic mass is 28.3. The van der Waals surface area contributed by atoms with E-state index in [1.165, 1.54) is 88.8 Å². The Morgan fingerprint density at radius 1 is 0.708 bits per heavy atom. The van der Waals surface area contributed by atoms with Crippen molar-refractivity contribution in [2.45, 2.75) is 116 Å². The van der Waals surface area contributed by atoms with Crippen LogP contribution in [0.5, 0.6) is 0 Å². The van der Waals surface area contributed by atoms with Gasteiger partial charge in [-0.15, -0.1) is 0 Å². The molecule has 0 aliphatic heterocycles. The van der Waals surface area contributed by atoms with E-state index in [-0.39, 0.29) is 0 Å². The molecule has 0 radical (unpaired) electrons.